The Bertz CT molecular complexity index is 209. The van der Waals surface area contributed by atoms with Crippen molar-refractivity contribution in [1.82, 2.24) is 5.32 Å². The average molecular weight is 187 g/mol. The van der Waals surface area contributed by atoms with E-state index >= 15 is 0 Å². The third-order valence-electron chi connectivity index (χ3n) is 2.73. The molecule has 2 saturated heterocycles. The molecule has 0 radical (unpaired) electrons. The number of cyclic esters (lactones) is 1. The molecule has 1 amide bonds. The van der Waals surface area contributed by atoms with Gasteiger partial charge in [0.15, 0.2) is 0 Å². The number of alkyl carbamates (subject to hydrolysis) is 1. The normalized spacial score (nSPS) is 41.1. The van der Waals surface area contributed by atoms with Gasteiger partial charge in [0.05, 0.1) is 5.54 Å². The standard InChI is InChI=1S/C8H13NO2S/c1-6-8(3-2-4-12-6)5-11-7(10)9-8/h6H,2-5H2,1H3,(H,9,10). The first kappa shape index (κ1) is 8.23. The summed E-state index contributed by atoms with van der Waals surface area (Å²) in [5.74, 6) is 1.21. The van der Waals surface area contributed by atoms with Gasteiger partial charge in [-0.15, -0.1) is 0 Å². The zero-order valence-corrected chi connectivity index (χ0v) is 7.95. The van der Waals surface area contributed by atoms with E-state index < -0.39 is 0 Å². The van der Waals surface area contributed by atoms with Gasteiger partial charge in [0, 0.05) is 5.25 Å². The van der Waals surface area contributed by atoms with E-state index in [0.717, 1.165) is 6.42 Å². The summed E-state index contributed by atoms with van der Waals surface area (Å²) in [6.07, 6.45) is 2.00. The van der Waals surface area contributed by atoms with Crippen LogP contribution in [0.1, 0.15) is 19.8 Å². The van der Waals surface area contributed by atoms with Crippen LogP contribution in [0.3, 0.4) is 0 Å². The molecule has 2 aliphatic rings. The van der Waals surface area contributed by atoms with Crippen molar-refractivity contribution in [2.24, 2.45) is 0 Å². The number of ether oxygens (including phenoxy) is 1. The topological polar surface area (TPSA) is 38.3 Å². The molecule has 0 bridgehead atoms. The highest BCUT2D eigenvalue weighted by Gasteiger charge is 2.45. The quantitative estimate of drug-likeness (QED) is 0.622. The predicted octanol–water partition coefficient (Wildman–Crippen LogP) is 1.38. The number of nitrogens with one attached hydrogen (secondary N) is 1. The number of thioether (sulfide) groups is 1. The second-order valence-corrected chi connectivity index (χ2v) is 4.92. The van der Waals surface area contributed by atoms with Crippen LogP contribution < -0.4 is 5.32 Å². The van der Waals surface area contributed by atoms with E-state index in [1.54, 1.807) is 0 Å². The monoisotopic (exact) mass is 187 g/mol. The minimum absolute atomic E-state index is 0.0556. The molecule has 0 aromatic carbocycles. The molecule has 0 aliphatic carbocycles. The summed E-state index contributed by atoms with van der Waals surface area (Å²) in [5, 5.41) is 3.42. The van der Waals surface area contributed by atoms with Crippen molar-refractivity contribution < 1.29 is 9.53 Å². The third kappa shape index (κ3) is 1.18. The fourth-order valence-electron chi connectivity index (χ4n) is 1.83. The van der Waals surface area contributed by atoms with Crippen LogP contribution in [-0.4, -0.2) is 29.2 Å². The van der Waals surface area contributed by atoms with Crippen molar-refractivity contribution >= 4 is 17.9 Å². The molecular weight excluding hydrogens is 174 g/mol. The Kier molecular flexibility index (Phi) is 1.94. The molecule has 68 valence electrons. The summed E-state index contributed by atoms with van der Waals surface area (Å²) >= 11 is 1.92. The molecule has 0 aromatic rings. The average Bonchev–Trinajstić information content (AvgIpc) is 2.41. The Morgan fingerprint density at radius 1 is 1.75 bits per heavy atom. The van der Waals surface area contributed by atoms with E-state index in [4.69, 9.17) is 4.74 Å². The minimum atomic E-state index is -0.246. The lowest BCUT2D eigenvalue weighted by molar-refractivity contribution is 0.170. The summed E-state index contributed by atoms with van der Waals surface area (Å²) in [6, 6.07) is 0. The molecule has 2 unspecified atom stereocenters. The van der Waals surface area contributed by atoms with Gasteiger partial charge in [-0.05, 0) is 18.6 Å². The largest absolute Gasteiger partial charge is 0.447 e. The molecule has 2 aliphatic heterocycles. The molecule has 4 heteroatoms. The van der Waals surface area contributed by atoms with Crippen LogP contribution in [-0.2, 0) is 4.74 Å². The van der Waals surface area contributed by atoms with Gasteiger partial charge in [0.2, 0.25) is 0 Å². The number of hydrogen-bond donors (Lipinski definition) is 1. The zero-order valence-electron chi connectivity index (χ0n) is 7.13. The Morgan fingerprint density at radius 2 is 2.58 bits per heavy atom. The molecule has 12 heavy (non-hydrogen) atoms. The fourth-order valence-corrected chi connectivity index (χ4v) is 3.06. The summed E-state index contributed by atoms with van der Waals surface area (Å²) in [5.41, 5.74) is -0.0556. The smallest absolute Gasteiger partial charge is 0.407 e. The first-order chi connectivity index (χ1) is 5.73. The molecule has 2 atom stereocenters. The SMILES string of the molecule is CC1SCCCC12COC(=O)N2. The van der Waals surface area contributed by atoms with E-state index in [2.05, 4.69) is 12.2 Å². The lowest BCUT2D eigenvalue weighted by atomic mass is 9.91. The second-order valence-electron chi connectivity index (χ2n) is 3.47. The molecule has 0 saturated carbocycles. The lowest BCUT2D eigenvalue weighted by Gasteiger charge is -2.36. The fraction of sp³-hybridized carbons (Fsp3) is 0.875. The molecule has 0 aromatic heterocycles. The van der Waals surface area contributed by atoms with Crippen molar-refractivity contribution in [3.63, 3.8) is 0 Å². The first-order valence-electron chi connectivity index (χ1n) is 4.29. The molecule has 2 heterocycles. The van der Waals surface area contributed by atoms with Gasteiger partial charge in [-0.1, -0.05) is 6.92 Å². The molecule has 2 rings (SSSR count). The molecule has 1 spiro atoms. The van der Waals surface area contributed by atoms with E-state index in [0.29, 0.717) is 11.9 Å². The Balaban J connectivity index is 2.12. The molecule has 2 fully saturated rings. The summed E-state index contributed by atoms with van der Waals surface area (Å²) in [4.78, 5) is 10.9. The summed E-state index contributed by atoms with van der Waals surface area (Å²) in [7, 11) is 0. The van der Waals surface area contributed by atoms with Crippen molar-refractivity contribution in [3.05, 3.63) is 0 Å². The van der Waals surface area contributed by atoms with Gasteiger partial charge in [0.25, 0.3) is 0 Å². The van der Waals surface area contributed by atoms with Crippen molar-refractivity contribution in [2.45, 2.75) is 30.6 Å². The number of rotatable bonds is 0. The van der Waals surface area contributed by atoms with Crippen LogP contribution in [0.2, 0.25) is 0 Å². The lowest BCUT2D eigenvalue weighted by Crippen LogP contribution is -2.52. The maximum atomic E-state index is 10.9. The third-order valence-corrected chi connectivity index (χ3v) is 4.20. The van der Waals surface area contributed by atoms with Gasteiger partial charge in [0.1, 0.15) is 6.61 Å². The number of hydrogen-bond acceptors (Lipinski definition) is 3. The van der Waals surface area contributed by atoms with Crippen LogP contribution in [0.25, 0.3) is 0 Å². The van der Waals surface area contributed by atoms with Crippen LogP contribution >= 0.6 is 11.8 Å². The van der Waals surface area contributed by atoms with Gasteiger partial charge in [-0.3, -0.25) is 0 Å². The molecule has 3 nitrogen and oxygen atoms in total. The van der Waals surface area contributed by atoms with Crippen LogP contribution in [0.4, 0.5) is 4.79 Å². The predicted molar refractivity (Wildman–Crippen MR) is 48.4 cm³/mol. The van der Waals surface area contributed by atoms with E-state index in [1.807, 2.05) is 11.8 Å². The first-order valence-corrected chi connectivity index (χ1v) is 5.34. The summed E-state index contributed by atoms with van der Waals surface area (Å²) < 4.78 is 4.95. The Hall–Kier alpha value is -0.380. The molecule has 1 N–H and O–H groups in total. The summed E-state index contributed by atoms with van der Waals surface area (Å²) in [6.45, 7) is 2.72. The van der Waals surface area contributed by atoms with E-state index in [1.165, 1.54) is 12.2 Å². The van der Waals surface area contributed by atoms with Crippen LogP contribution in [0.15, 0.2) is 0 Å². The minimum Gasteiger partial charge on any atom is -0.447 e. The van der Waals surface area contributed by atoms with Gasteiger partial charge < -0.3 is 10.1 Å². The van der Waals surface area contributed by atoms with E-state index in [9.17, 15) is 4.79 Å². The van der Waals surface area contributed by atoms with E-state index in [-0.39, 0.29) is 11.6 Å². The Morgan fingerprint density at radius 3 is 3.17 bits per heavy atom. The van der Waals surface area contributed by atoms with Crippen molar-refractivity contribution in [1.29, 1.82) is 0 Å². The van der Waals surface area contributed by atoms with Crippen LogP contribution in [0.5, 0.6) is 0 Å². The second kappa shape index (κ2) is 2.83. The maximum absolute atomic E-state index is 10.9. The zero-order chi connectivity index (χ0) is 8.60. The van der Waals surface area contributed by atoms with Crippen molar-refractivity contribution in [3.8, 4) is 0 Å². The van der Waals surface area contributed by atoms with Gasteiger partial charge >= 0.3 is 6.09 Å². The highest BCUT2D eigenvalue weighted by molar-refractivity contribution is 8.00. The highest BCUT2D eigenvalue weighted by atomic mass is 32.2. The molecular formula is C8H13NO2S. The number of carbonyl (C=O) groups excluding carboxylic acids is 1. The Labute approximate surface area is 76.2 Å². The van der Waals surface area contributed by atoms with Gasteiger partial charge in [-0.2, -0.15) is 11.8 Å². The van der Waals surface area contributed by atoms with Crippen molar-refractivity contribution in [2.75, 3.05) is 12.4 Å². The maximum Gasteiger partial charge on any atom is 0.407 e. The number of carbonyl (C=O) groups is 1. The van der Waals surface area contributed by atoms with Gasteiger partial charge in [-0.25, -0.2) is 4.79 Å². The number of amides is 1. The highest BCUT2D eigenvalue weighted by Crippen LogP contribution is 2.36. The van der Waals surface area contributed by atoms with Crippen LogP contribution in [0, 0.1) is 0 Å².